The number of ketones is 1. The molecule has 0 spiro atoms. The van der Waals surface area contributed by atoms with Crippen molar-refractivity contribution in [3.05, 3.63) is 0 Å². The topological polar surface area (TPSA) is 37.3 Å². The highest BCUT2D eigenvalue weighted by Gasteiger charge is 2.74. The summed E-state index contributed by atoms with van der Waals surface area (Å²) in [5.74, 6) is -3.63. The Morgan fingerprint density at radius 1 is 0.739 bits per heavy atom. The van der Waals surface area contributed by atoms with Gasteiger partial charge in [0.2, 0.25) is 0 Å². The second-order valence-corrected chi connectivity index (χ2v) is 6.15. The molecule has 0 aromatic rings. The van der Waals surface area contributed by atoms with Crippen molar-refractivity contribution in [1.29, 1.82) is 0 Å². The molecule has 1 fully saturated rings. The van der Waals surface area contributed by atoms with Crippen LogP contribution in [0.4, 0.5) is 26.3 Å². The van der Waals surface area contributed by atoms with Gasteiger partial charge in [-0.05, 0) is 12.8 Å². The molecular formula is C15H22F6O2. The number of halogens is 6. The second-order valence-electron chi connectivity index (χ2n) is 6.15. The van der Waals surface area contributed by atoms with Crippen LogP contribution in [0, 0.1) is 5.92 Å². The molecule has 1 atom stereocenters. The second kappa shape index (κ2) is 7.85. The Kier molecular flexibility index (Phi) is 6.92. The van der Waals surface area contributed by atoms with E-state index in [0.717, 1.165) is 19.3 Å². The van der Waals surface area contributed by atoms with Crippen molar-refractivity contribution in [2.45, 2.75) is 82.2 Å². The SMILES string of the molecule is O=C1CCCCCCCCCCC1C(O)(C(F)(F)F)C(F)(F)F. The van der Waals surface area contributed by atoms with Gasteiger partial charge in [-0.15, -0.1) is 0 Å². The van der Waals surface area contributed by atoms with E-state index < -0.39 is 36.1 Å². The van der Waals surface area contributed by atoms with Crippen LogP contribution >= 0.6 is 0 Å². The summed E-state index contributed by atoms with van der Waals surface area (Å²) >= 11 is 0. The number of Topliss-reactive ketones (excluding diaryl/α,β-unsaturated/α-hetero) is 1. The lowest BCUT2D eigenvalue weighted by Crippen LogP contribution is -2.63. The molecular weight excluding hydrogens is 326 g/mol. The average molecular weight is 348 g/mol. The van der Waals surface area contributed by atoms with E-state index in [4.69, 9.17) is 0 Å². The molecule has 1 aliphatic rings. The third kappa shape index (κ3) is 4.84. The number of alkyl halides is 6. The maximum absolute atomic E-state index is 13.0. The first-order valence-electron chi connectivity index (χ1n) is 7.90. The quantitative estimate of drug-likeness (QED) is 0.682. The van der Waals surface area contributed by atoms with Gasteiger partial charge in [0, 0.05) is 6.42 Å². The van der Waals surface area contributed by atoms with Gasteiger partial charge in [0.25, 0.3) is 5.60 Å². The van der Waals surface area contributed by atoms with Crippen LogP contribution in [-0.2, 0) is 4.79 Å². The molecule has 0 bridgehead atoms. The number of hydrogen-bond donors (Lipinski definition) is 1. The van der Waals surface area contributed by atoms with Crippen LogP contribution in [0.5, 0.6) is 0 Å². The van der Waals surface area contributed by atoms with Gasteiger partial charge < -0.3 is 5.11 Å². The first kappa shape index (κ1) is 20.3. The van der Waals surface area contributed by atoms with Gasteiger partial charge >= 0.3 is 12.4 Å². The van der Waals surface area contributed by atoms with Crippen molar-refractivity contribution < 1.29 is 36.2 Å². The highest BCUT2D eigenvalue weighted by molar-refractivity contribution is 5.82. The fourth-order valence-electron chi connectivity index (χ4n) is 3.04. The maximum atomic E-state index is 13.0. The van der Waals surface area contributed by atoms with Crippen molar-refractivity contribution in [3.8, 4) is 0 Å². The van der Waals surface area contributed by atoms with Gasteiger partial charge in [0.05, 0.1) is 5.92 Å². The molecule has 1 unspecified atom stereocenters. The molecule has 0 saturated heterocycles. The summed E-state index contributed by atoms with van der Waals surface area (Å²) in [6.45, 7) is 0. The Balaban J connectivity index is 3.09. The molecule has 1 N–H and O–H groups in total. The van der Waals surface area contributed by atoms with Crippen LogP contribution in [0.1, 0.15) is 64.2 Å². The average Bonchev–Trinajstić information content (AvgIpc) is 2.39. The van der Waals surface area contributed by atoms with E-state index in [1.54, 1.807) is 0 Å². The molecule has 0 aromatic carbocycles. The Labute approximate surface area is 131 Å². The summed E-state index contributed by atoms with van der Waals surface area (Å²) in [6.07, 6.45) is -8.15. The van der Waals surface area contributed by atoms with Crippen molar-refractivity contribution in [3.63, 3.8) is 0 Å². The third-order valence-electron chi connectivity index (χ3n) is 4.42. The number of hydrogen-bond acceptors (Lipinski definition) is 2. The lowest BCUT2D eigenvalue weighted by molar-refractivity contribution is -0.381. The molecule has 2 nitrogen and oxygen atoms in total. The molecule has 0 heterocycles. The largest absolute Gasteiger partial charge is 0.427 e. The smallest absolute Gasteiger partial charge is 0.373 e. The first-order valence-corrected chi connectivity index (χ1v) is 7.90. The fraction of sp³-hybridized carbons (Fsp3) is 0.933. The van der Waals surface area contributed by atoms with Crippen LogP contribution in [0.2, 0.25) is 0 Å². The molecule has 0 amide bonds. The highest BCUT2D eigenvalue weighted by atomic mass is 19.4. The lowest BCUT2D eigenvalue weighted by atomic mass is 9.77. The monoisotopic (exact) mass is 348 g/mol. The molecule has 1 saturated carbocycles. The molecule has 1 rings (SSSR count). The minimum absolute atomic E-state index is 0.0604. The summed E-state index contributed by atoms with van der Waals surface area (Å²) < 4.78 is 78.0. The van der Waals surface area contributed by atoms with Gasteiger partial charge in [-0.3, -0.25) is 4.79 Å². The summed E-state index contributed by atoms with van der Waals surface area (Å²) in [6, 6.07) is 0. The van der Waals surface area contributed by atoms with Crippen LogP contribution in [0.15, 0.2) is 0 Å². The normalized spacial score (nSPS) is 24.0. The predicted molar refractivity (Wildman–Crippen MR) is 71.7 cm³/mol. The van der Waals surface area contributed by atoms with E-state index in [2.05, 4.69) is 0 Å². The minimum atomic E-state index is -5.94. The minimum Gasteiger partial charge on any atom is -0.373 e. The number of carbonyl (C=O) groups excluding carboxylic acids is 1. The van der Waals surface area contributed by atoms with Crippen LogP contribution in [0.3, 0.4) is 0 Å². The molecule has 1 aliphatic carbocycles. The summed E-state index contributed by atoms with van der Waals surface area (Å²) in [5.41, 5.74) is -4.97. The zero-order valence-electron chi connectivity index (χ0n) is 12.8. The Morgan fingerprint density at radius 3 is 1.57 bits per heavy atom. The summed E-state index contributed by atoms with van der Waals surface area (Å²) in [5, 5.41) is 9.51. The van der Waals surface area contributed by atoms with E-state index in [0.29, 0.717) is 19.3 Å². The standard InChI is InChI=1S/C15H22F6O2/c16-14(17,18)13(23,15(19,20)21)11-9-7-5-3-1-2-4-6-8-10-12(11)22/h11,23H,1-10H2. The van der Waals surface area contributed by atoms with E-state index in [1.807, 2.05) is 0 Å². The van der Waals surface area contributed by atoms with Crippen molar-refractivity contribution >= 4 is 5.78 Å². The number of aliphatic hydroxyl groups is 1. The van der Waals surface area contributed by atoms with Gasteiger partial charge in [-0.1, -0.05) is 44.9 Å². The van der Waals surface area contributed by atoms with Crippen molar-refractivity contribution in [2.75, 3.05) is 0 Å². The molecule has 8 heteroatoms. The van der Waals surface area contributed by atoms with Gasteiger partial charge in [-0.2, -0.15) is 26.3 Å². The first-order chi connectivity index (χ1) is 10.5. The van der Waals surface area contributed by atoms with Crippen LogP contribution in [-0.4, -0.2) is 28.8 Å². The molecule has 0 radical (unpaired) electrons. The molecule has 0 aromatic heterocycles. The maximum Gasteiger partial charge on any atom is 0.427 e. The summed E-state index contributed by atoms with van der Waals surface area (Å²) in [4.78, 5) is 12.0. The fourth-order valence-corrected chi connectivity index (χ4v) is 3.04. The Hall–Kier alpha value is -0.790. The predicted octanol–water partition coefficient (Wildman–Crippen LogP) is 4.94. The molecule has 0 aliphatic heterocycles. The lowest BCUT2D eigenvalue weighted by Gasteiger charge is -2.38. The van der Waals surface area contributed by atoms with Gasteiger partial charge in [0.15, 0.2) is 0 Å². The zero-order valence-corrected chi connectivity index (χ0v) is 12.8. The van der Waals surface area contributed by atoms with E-state index in [9.17, 15) is 36.2 Å². The van der Waals surface area contributed by atoms with E-state index in [-0.39, 0.29) is 19.3 Å². The molecule has 23 heavy (non-hydrogen) atoms. The Bertz CT molecular complexity index is 374. The molecule has 136 valence electrons. The van der Waals surface area contributed by atoms with Crippen LogP contribution < -0.4 is 0 Å². The Morgan fingerprint density at radius 2 is 1.13 bits per heavy atom. The zero-order chi connectivity index (χ0) is 17.7. The van der Waals surface area contributed by atoms with E-state index >= 15 is 0 Å². The van der Waals surface area contributed by atoms with Crippen molar-refractivity contribution in [2.24, 2.45) is 5.92 Å². The van der Waals surface area contributed by atoms with Crippen LogP contribution in [0.25, 0.3) is 0 Å². The summed E-state index contributed by atoms with van der Waals surface area (Å²) in [7, 11) is 0. The van der Waals surface area contributed by atoms with Gasteiger partial charge in [-0.25, -0.2) is 0 Å². The van der Waals surface area contributed by atoms with Gasteiger partial charge in [0.1, 0.15) is 5.78 Å². The number of carbonyl (C=O) groups is 1. The third-order valence-corrected chi connectivity index (χ3v) is 4.42. The van der Waals surface area contributed by atoms with Crippen molar-refractivity contribution in [1.82, 2.24) is 0 Å². The highest BCUT2D eigenvalue weighted by Crippen LogP contribution is 2.49. The van der Waals surface area contributed by atoms with E-state index in [1.165, 1.54) is 0 Å². The number of rotatable bonds is 1.